The number of benzene rings is 1. The van der Waals surface area contributed by atoms with Gasteiger partial charge in [0.25, 0.3) is 0 Å². The molecular formula is C15H25NO5PS. The van der Waals surface area contributed by atoms with Crippen LogP contribution >= 0.6 is 7.60 Å². The quantitative estimate of drug-likeness (QED) is 0.493. The molecule has 1 radical (unpaired) electrons. The van der Waals surface area contributed by atoms with E-state index in [-0.39, 0.29) is 11.0 Å². The van der Waals surface area contributed by atoms with Crippen LogP contribution in [0.1, 0.15) is 45.4 Å². The molecule has 0 saturated carbocycles. The van der Waals surface area contributed by atoms with Crippen molar-refractivity contribution < 1.29 is 22.8 Å². The number of anilines is 1. The van der Waals surface area contributed by atoms with Gasteiger partial charge in [0, 0.05) is 7.05 Å². The van der Waals surface area contributed by atoms with Crippen LogP contribution in [0.4, 0.5) is 5.69 Å². The van der Waals surface area contributed by atoms with Crippen molar-refractivity contribution in [1.82, 2.24) is 0 Å². The molecule has 0 heterocycles. The Morgan fingerprint density at radius 3 is 2.35 bits per heavy atom. The van der Waals surface area contributed by atoms with Gasteiger partial charge in [-0.25, -0.2) is 8.42 Å². The molecule has 0 fully saturated rings. The number of sulfonamides is 1. The summed E-state index contributed by atoms with van der Waals surface area (Å²) in [6.07, 6.45) is 5.54. The molecule has 0 amide bonds. The molecule has 8 heteroatoms. The van der Waals surface area contributed by atoms with Crippen LogP contribution in [0.25, 0.3) is 0 Å². The number of para-hydroxylation sites is 1. The van der Waals surface area contributed by atoms with Gasteiger partial charge in [0.2, 0.25) is 10.0 Å². The van der Waals surface area contributed by atoms with E-state index in [4.69, 9.17) is 0 Å². The Morgan fingerprint density at radius 1 is 1.13 bits per heavy atom. The van der Waals surface area contributed by atoms with E-state index in [1.165, 1.54) is 31.0 Å². The molecule has 0 aliphatic rings. The van der Waals surface area contributed by atoms with E-state index in [9.17, 15) is 22.8 Å². The Bertz CT molecular complexity index is 641. The highest BCUT2D eigenvalue weighted by Gasteiger charge is 2.27. The Labute approximate surface area is 138 Å². The summed E-state index contributed by atoms with van der Waals surface area (Å²) in [6.45, 7) is 2.12. The summed E-state index contributed by atoms with van der Waals surface area (Å²) in [7, 11) is -6.96. The fraction of sp³-hybridized carbons (Fsp3) is 0.533. The van der Waals surface area contributed by atoms with Crippen molar-refractivity contribution in [2.45, 2.75) is 45.4 Å². The second-order valence-corrected chi connectivity index (χ2v) is 8.90. The van der Waals surface area contributed by atoms with Gasteiger partial charge in [-0.3, -0.25) is 8.87 Å². The highest BCUT2D eigenvalue weighted by atomic mass is 32.2. The van der Waals surface area contributed by atoms with Crippen LogP contribution in [-0.4, -0.2) is 25.3 Å². The molecule has 0 unspecified atom stereocenters. The van der Waals surface area contributed by atoms with E-state index in [2.05, 4.69) is 6.92 Å². The molecule has 6 nitrogen and oxygen atoms in total. The predicted octanol–water partition coefficient (Wildman–Crippen LogP) is 2.78. The SMILES string of the molecule is CCCCCCC[CH]S(=O)(=O)N(C)c1ccccc1P(=O)(O)O. The molecule has 1 rings (SSSR count). The van der Waals surface area contributed by atoms with Gasteiger partial charge in [0.1, 0.15) is 0 Å². The first kappa shape index (κ1) is 20.2. The third kappa shape index (κ3) is 6.26. The van der Waals surface area contributed by atoms with E-state index < -0.39 is 17.6 Å². The fourth-order valence-corrected chi connectivity index (χ4v) is 4.20. The number of nitrogens with zero attached hydrogens (tertiary/aromatic N) is 1. The van der Waals surface area contributed by atoms with Crippen molar-refractivity contribution in [3.63, 3.8) is 0 Å². The summed E-state index contributed by atoms with van der Waals surface area (Å²) < 4.78 is 37.1. The maximum Gasteiger partial charge on any atom is 0.358 e. The Hall–Kier alpha value is -0.880. The average molecular weight is 362 g/mol. The van der Waals surface area contributed by atoms with Gasteiger partial charge in [-0.05, 0) is 18.6 Å². The summed E-state index contributed by atoms with van der Waals surface area (Å²) in [5.74, 6) is 1.22. The van der Waals surface area contributed by atoms with Crippen LogP contribution in [0.5, 0.6) is 0 Å². The normalized spacial score (nSPS) is 12.3. The van der Waals surface area contributed by atoms with Crippen LogP contribution in [0.3, 0.4) is 0 Å². The second kappa shape index (κ2) is 8.83. The monoisotopic (exact) mass is 362 g/mol. The molecule has 0 bridgehead atoms. The minimum absolute atomic E-state index is 0.00284. The largest absolute Gasteiger partial charge is 0.358 e. The van der Waals surface area contributed by atoms with Gasteiger partial charge in [0.05, 0.1) is 16.7 Å². The third-order valence-corrected chi connectivity index (χ3v) is 6.18. The van der Waals surface area contributed by atoms with E-state index in [1.807, 2.05) is 0 Å². The first-order chi connectivity index (χ1) is 10.7. The van der Waals surface area contributed by atoms with Crippen LogP contribution in [0.2, 0.25) is 0 Å². The van der Waals surface area contributed by atoms with Crippen molar-refractivity contribution in [3.05, 3.63) is 30.0 Å². The molecule has 2 N–H and O–H groups in total. The molecule has 1 aromatic carbocycles. The lowest BCUT2D eigenvalue weighted by Crippen LogP contribution is -2.30. The van der Waals surface area contributed by atoms with Gasteiger partial charge in [-0.2, -0.15) is 0 Å². The van der Waals surface area contributed by atoms with Crippen molar-refractivity contribution in [3.8, 4) is 0 Å². The first-order valence-electron chi connectivity index (χ1n) is 7.67. The van der Waals surface area contributed by atoms with E-state index in [0.29, 0.717) is 6.42 Å². The Balaban J connectivity index is 2.76. The fourth-order valence-electron chi connectivity index (χ4n) is 2.21. The highest BCUT2D eigenvalue weighted by molar-refractivity contribution is 7.94. The van der Waals surface area contributed by atoms with E-state index >= 15 is 0 Å². The van der Waals surface area contributed by atoms with Gasteiger partial charge in [-0.15, -0.1) is 0 Å². The molecule has 0 saturated heterocycles. The average Bonchev–Trinajstić information content (AvgIpc) is 2.49. The number of unbranched alkanes of at least 4 members (excludes halogenated alkanes) is 5. The molecule has 1 aromatic rings. The molecule has 0 aliphatic heterocycles. The minimum Gasteiger partial charge on any atom is -0.321 e. The van der Waals surface area contributed by atoms with E-state index in [1.54, 1.807) is 6.07 Å². The summed E-state index contributed by atoms with van der Waals surface area (Å²) in [6, 6.07) is 5.65. The zero-order chi connectivity index (χ0) is 17.5. The first-order valence-corrected chi connectivity index (χ1v) is 10.8. The molecule has 0 aliphatic carbocycles. The zero-order valence-electron chi connectivity index (χ0n) is 13.6. The summed E-state index contributed by atoms with van der Waals surface area (Å²) >= 11 is 0. The van der Waals surface area contributed by atoms with Crippen molar-refractivity contribution in [1.29, 1.82) is 0 Å². The number of rotatable bonds is 10. The zero-order valence-corrected chi connectivity index (χ0v) is 15.3. The van der Waals surface area contributed by atoms with E-state index in [0.717, 1.165) is 36.4 Å². The Kier molecular flexibility index (Phi) is 7.74. The van der Waals surface area contributed by atoms with Crippen molar-refractivity contribution >= 4 is 28.6 Å². The maximum atomic E-state index is 12.3. The number of hydrogen-bond acceptors (Lipinski definition) is 3. The molecule has 0 atom stereocenters. The molecule has 23 heavy (non-hydrogen) atoms. The summed E-state index contributed by atoms with van der Waals surface area (Å²) in [4.78, 5) is 18.7. The van der Waals surface area contributed by atoms with Crippen LogP contribution in [0.15, 0.2) is 24.3 Å². The smallest absolute Gasteiger partial charge is 0.321 e. The molecule has 131 valence electrons. The Morgan fingerprint density at radius 2 is 1.74 bits per heavy atom. The third-order valence-electron chi connectivity index (χ3n) is 3.55. The van der Waals surface area contributed by atoms with Gasteiger partial charge < -0.3 is 9.79 Å². The van der Waals surface area contributed by atoms with Gasteiger partial charge >= 0.3 is 7.60 Å². The van der Waals surface area contributed by atoms with Gasteiger partial charge in [0.15, 0.2) is 0 Å². The standard InChI is InChI=1S/C15H25NO5PS/c1-3-4-5-6-7-10-13-23(20,21)16(2)14-11-8-9-12-15(14)22(17,18)19/h8-9,11-13H,3-7,10H2,1-2H3,(H2,17,18,19). The molecule has 0 spiro atoms. The van der Waals surface area contributed by atoms with Crippen molar-refractivity contribution in [2.75, 3.05) is 11.4 Å². The van der Waals surface area contributed by atoms with Crippen LogP contribution < -0.4 is 9.61 Å². The lowest BCUT2D eigenvalue weighted by Gasteiger charge is -2.22. The summed E-state index contributed by atoms with van der Waals surface area (Å²) in [5.41, 5.74) is 0.00284. The highest BCUT2D eigenvalue weighted by Crippen LogP contribution is 2.37. The van der Waals surface area contributed by atoms with Crippen molar-refractivity contribution in [2.24, 2.45) is 0 Å². The van der Waals surface area contributed by atoms with Crippen LogP contribution in [-0.2, 0) is 14.6 Å². The summed E-state index contributed by atoms with van der Waals surface area (Å²) in [5, 5.41) is -0.289. The predicted molar refractivity (Wildman–Crippen MR) is 93.1 cm³/mol. The number of hydrogen-bond donors (Lipinski definition) is 2. The molecule has 0 aromatic heterocycles. The van der Waals surface area contributed by atoms with Gasteiger partial charge in [-0.1, -0.05) is 51.2 Å². The van der Waals surface area contributed by atoms with Crippen LogP contribution in [0, 0.1) is 5.75 Å². The lowest BCUT2D eigenvalue weighted by atomic mass is 10.1. The molecular weight excluding hydrogens is 337 g/mol. The minimum atomic E-state index is -4.54. The maximum absolute atomic E-state index is 12.3. The second-order valence-electron chi connectivity index (χ2n) is 5.41. The topological polar surface area (TPSA) is 94.9 Å². The lowest BCUT2D eigenvalue weighted by molar-refractivity contribution is 0.387.